The lowest BCUT2D eigenvalue weighted by Gasteiger charge is -2.26. The van der Waals surface area contributed by atoms with E-state index in [2.05, 4.69) is 43.1 Å². The van der Waals surface area contributed by atoms with E-state index in [0.717, 1.165) is 30.5 Å². The van der Waals surface area contributed by atoms with Crippen LogP contribution in [0.1, 0.15) is 32.4 Å². The van der Waals surface area contributed by atoms with Crippen LogP contribution in [0.25, 0.3) is 10.9 Å². The number of benzene rings is 1. The second-order valence-corrected chi connectivity index (χ2v) is 4.74. The molecular formula is C15H20N2. The van der Waals surface area contributed by atoms with Crippen molar-refractivity contribution in [1.29, 1.82) is 0 Å². The number of para-hydroxylation sites is 1. The topological polar surface area (TPSA) is 38.9 Å². The van der Waals surface area contributed by atoms with Crippen molar-refractivity contribution in [1.82, 2.24) is 4.98 Å². The van der Waals surface area contributed by atoms with E-state index in [9.17, 15) is 0 Å². The van der Waals surface area contributed by atoms with E-state index < -0.39 is 0 Å². The molecule has 2 rings (SSSR count). The Balaban J connectivity index is 2.31. The van der Waals surface area contributed by atoms with E-state index in [1.165, 1.54) is 5.39 Å². The molecule has 1 heterocycles. The van der Waals surface area contributed by atoms with Crippen molar-refractivity contribution in [2.75, 3.05) is 0 Å². The van der Waals surface area contributed by atoms with Crippen molar-refractivity contribution < 1.29 is 0 Å². The second-order valence-electron chi connectivity index (χ2n) is 4.74. The first kappa shape index (κ1) is 12.1. The van der Waals surface area contributed by atoms with Gasteiger partial charge in [0.15, 0.2) is 0 Å². The number of nitrogens with zero attached hydrogens (tertiary/aromatic N) is 1. The number of aromatic nitrogens is 1. The molecule has 90 valence electrons. The molecule has 0 atom stereocenters. The largest absolute Gasteiger partial charge is 0.325 e. The zero-order chi connectivity index (χ0) is 12.3. The minimum Gasteiger partial charge on any atom is -0.325 e. The standard InChI is InChI=1S/C15H20N2/c1-3-15(16,4-2)11-13-10-9-12-7-5-6-8-14(12)17-13/h5-10H,3-4,11,16H2,1-2H3. The summed E-state index contributed by atoms with van der Waals surface area (Å²) in [7, 11) is 0. The van der Waals surface area contributed by atoms with Crippen LogP contribution < -0.4 is 5.73 Å². The fraction of sp³-hybridized carbons (Fsp3) is 0.400. The lowest BCUT2D eigenvalue weighted by Crippen LogP contribution is -2.40. The van der Waals surface area contributed by atoms with Crippen LogP contribution in [0.2, 0.25) is 0 Å². The Labute approximate surface area is 103 Å². The summed E-state index contributed by atoms with van der Waals surface area (Å²) in [5, 5.41) is 1.19. The molecule has 0 saturated carbocycles. The van der Waals surface area contributed by atoms with Crippen molar-refractivity contribution in [3.63, 3.8) is 0 Å². The maximum Gasteiger partial charge on any atom is 0.0705 e. The summed E-state index contributed by atoms with van der Waals surface area (Å²) in [5.41, 5.74) is 8.36. The Morgan fingerprint density at radius 3 is 2.47 bits per heavy atom. The van der Waals surface area contributed by atoms with Gasteiger partial charge in [0, 0.05) is 23.0 Å². The van der Waals surface area contributed by atoms with Gasteiger partial charge in [-0.25, -0.2) is 0 Å². The van der Waals surface area contributed by atoms with Gasteiger partial charge in [-0.3, -0.25) is 4.98 Å². The molecule has 2 heteroatoms. The Kier molecular flexibility index (Phi) is 3.43. The predicted molar refractivity (Wildman–Crippen MR) is 72.9 cm³/mol. The van der Waals surface area contributed by atoms with Crippen LogP contribution >= 0.6 is 0 Å². The van der Waals surface area contributed by atoms with Crippen LogP contribution in [0.3, 0.4) is 0 Å². The minimum atomic E-state index is -0.116. The third-order valence-electron chi connectivity index (χ3n) is 3.60. The summed E-state index contributed by atoms with van der Waals surface area (Å²) < 4.78 is 0. The number of fused-ring (bicyclic) bond motifs is 1. The second kappa shape index (κ2) is 4.84. The van der Waals surface area contributed by atoms with Crippen LogP contribution in [-0.2, 0) is 6.42 Å². The van der Waals surface area contributed by atoms with E-state index in [4.69, 9.17) is 5.73 Å². The van der Waals surface area contributed by atoms with Crippen molar-refractivity contribution in [2.24, 2.45) is 5.73 Å². The number of hydrogen-bond donors (Lipinski definition) is 1. The smallest absolute Gasteiger partial charge is 0.0705 e. The van der Waals surface area contributed by atoms with Crippen LogP contribution in [0, 0.1) is 0 Å². The molecule has 0 aliphatic rings. The molecule has 0 unspecified atom stereocenters. The highest BCUT2D eigenvalue weighted by atomic mass is 14.8. The van der Waals surface area contributed by atoms with Crippen molar-refractivity contribution in [3.05, 3.63) is 42.1 Å². The van der Waals surface area contributed by atoms with Gasteiger partial charge in [-0.2, -0.15) is 0 Å². The van der Waals surface area contributed by atoms with E-state index >= 15 is 0 Å². The molecule has 0 saturated heterocycles. The Morgan fingerprint density at radius 1 is 1.06 bits per heavy atom. The quantitative estimate of drug-likeness (QED) is 0.872. The van der Waals surface area contributed by atoms with Gasteiger partial charge in [-0.05, 0) is 25.0 Å². The molecular weight excluding hydrogens is 208 g/mol. The van der Waals surface area contributed by atoms with Crippen LogP contribution in [-0.4, -0.2) is 10.5 Å². The molecule has 0 bridgehead atoms. The minimum absolute atomic E-state index is 0.116. The molecule has 17 heavy (non-hydrogen) atoms. The fourth-order valence-electron chi connectivity index (χ4n) is 2.07. The van der Waals surface area contributed by atoms with Gasteiger partial charge in [-0.1, -0.05) is 38.1 Å². The normalized spacial score (nSPS) is 11.9. The third-order valence-corrected chi connectivity index (χ3v) is 3.60. The molecule has 2 nitrogen and oxygen atoms in total. The third kappa shape index (κ3) is 2.64. The first-order chi connectivity index (χ1) is 8.17. The lowest BCUT2D eigenvalue weighted by atomic mass is 9.88. The molecule has 1 aromatic carbocycles. The Hall–Kier alpha value is -1.41. The maximum atomic E-state index is 6.33. The highest BCUT2D eigenvalue weighted by Gasteiger charge is 2.21. The van der Waals surface area contributed by atoms with Crippen molar-refractivity contribution >= 4 is 10.9 Å². The predicted octanol–water partition coefficient (Wildman–Crippen LogP) is 3.29. The van der Waals surface area contributed by atoms with Crippen LogP contribution in [0.4, 0.5) is 0 Å². The van der Waals surface area contributed by atoms with Gasteiger partial charge in [-0.15, -0.1) is 0 Å². The molecule has 0 amide bonds. The van der Waals surface area contributed by atoms with Gasteiger partial charge in [0.05, 0.1) is 5.52 Å². The summed E-state index contributed by atoms with van der Waals surface area (Å²) in [5.74, 6) is 0. The summed E-state index contributed by atoms with van der Waals surface area (Å²) in [6.07, 6.45) is 2.82. The SMILES string of the molecule is CCC(N)(CC)Cc1ccc2ccccc2n1. The Morgan fingerprint density at radius 2 is 1.76 bits per heavy atom. The maximum absolute atomic E-state index is 6.33. The average molecular weight is 228 g/mol. The van der Waals surface area contributed by atoms with E-state index in [1.807, 2.05) is 12.1 Å². The molecule has 0 spiro atoms. The molecule has 0 fully saturated rings. The molecule has 0 radical (unpaired) electrons. The van der Waals surface area contributed by atoms with E-state index in [0.29, 0.717) is 0 Å². The average Bonchev–Trinajstić information content (AvgIpc) is 2.38. The molecule has 2 N–H and O–H groups in total. The van der Waals surface area contributed by atoms with Gasteiger partial charge >= 0.3 is 0 Å². The van der Waals surface area contributed by atoms with Crippen molar-refractivity contribution in [2.45, 2.75) is 38.6 Å². The first-order valence-electron chi connectivity index (χ1n) is 6.30. The number of pyridine rings is 1. The van der Waals surface area contributed by atoms with Crippen LogP contribution in [0.5, 0.6) is 0 Å². The van der Waals surface area contributed by atoms with Gasteiger partial charge in [0.25, 0.3) is 0 Å². The number of hydrogen-bond acceptors (Lipinski definition) is 2. The highest BCUT2D eigenvalue weighted by molar-refractivity contribution is 5.78. The Bertz CT molecular complexity index is 501. The van der Waals surface area contributed by atoms with Gasteiger partial charge in [0.2, 0.25) is 0 Å². The first-order valence-corrected chi connectivity index (χ1v) is 6.30. The molecule has 0 aliphatic carbocycles. The summed E-state index contributed by atoms with van der Waals surface area (Å²) in [4.78, 5) is 4.68. The summed E-state index contributed by atoms with van der Waals surface area (Å²) in [6, 6.07) is 12.4. The van der Waals surface area contributed by atoms with Crippen LogP contribution in [0.15, 0.2) is 36.4 Å². The van der Waals surface area contributed by atoms with Crippen molar-refractivity contribution in [3.8, 4) is 0 Å². The number of rotatable bonds is 4. The summed E-state index contributed by atoms with van der Waals surface area (Å²) >= 11 is 0. The zero-order valence-corrected chi connectivity index (χ0v) is 10.6. The molecule has 0 aliphatic heterocycles. The number of nitrogens with two attached hydrogens (primary N) is 1. The van der Waals surface area contributed by atoms with E-state index in [1.54, 1.807) is 0 Å². The zero-order valence-electron chi connectivity index (χ0n) is 10.6. The molecule has 2 aromatic rings. The summed E-state index contributed by atoms with van der Waals surface area (Å²) in [6.45, 7) is 4.29. The highest BCUT2D eigenvalue weighted by Crippen LogP contribution is 2.19. The molecule has 1 aromatic heterocycles. The fourth-order valence-corrected chi connectivity index (χ4v) is 2.07. The lowest BCUT2D eigenvalue weighted by molar-refractivity contribution is 0.390. The van der Waals surface area contributed by atoms with E-state index in [-0.39, 0.29) is 5.54 Å². The van der Waals surface area contributed by atoms with Gasteiger partial charge in [0.1, 0.15) is 0 Å². The monoisotopic (exact) mass is 228 g/mol. The van der Waals surface area contributed by atoms with Gasteiger partial charge < -0.3 is 5.73 Å².